The highest BCUT2D eigenvalue weighted by molar-refractivity contribution is 5.93. The third-order valence-electron chi connectivity index (χ3n) is 2.86. The van der Waals surface area contributed by atoms with E-state index < -0.39 is 0 Å². The van der Waals surface area contributed by atoms with Crippen molar-refractivity contribution < 1.29 is 14.3 Å². The van der Waals surface area contributed by atoms with Gasteiger partial charge in [-0.25, -0.2) is 0 Å². The second-order valence-electron chi connectivity index (χ2n) is 4.10. The van der Waals surface area contributed by atoms with E-state index >= 15 is 0 Å². The normalized spacial score (nSPS) is 9.90. The lowest BCUT2D eigenvalue weighted by molar-refractivity contribution is 0.0950. The summed E-state index contributed by atoms with van der Waals surface area (Å²) in [7, 11) is 3.18. The molecule has 1 amide bonds. The summed E-state index contributed by atoms with van der Waals surface area (Å²) in [5.41, 5.74) is 1.41. The molecule has 0 atom stereocenters. The maximum Gasteiger partial charge on any atom is 0.253 e. The Morgan fingerprint density at radius 2 is 2.10 bits per heavy atom. The quantitative estimate of drug-likeness (QED) is 0.904. The second-order valence-corrected chi connectivity index (χ2v) is 4.10. The Labute approximate surface area is 117 Å². The summed E-state index contributed by atoms with van der Waals surface area (Å²) in [5, 5.41) is 2.83. The van der Waals surface area contributed by atoms with Crippen molar-refractivity contribution in [1.29, 1.82) is 0 Å². The lowest BCUT2D eigenvalue weighted by atomic mass is 10.2. The summed E-state index contributed by atoms with van der Waals surface area (Å²) < 4.78 is 10.4. The van der Waals surface area contributed by atoms with Crippen LogP contribution in [0.4, 0.5) is 0 Å². The van der Waals surface area contributed by atoms with Crippen molar-refractivity contribution in [3.63, 3.8) is 0 Å². The smallest absolute Gasteiger partial charge is 0.253 e. The molecule has 0 radical (unpaired) electrons. The van der Waals surface area contributed by atoms with Gasteiger partial charge in [0.15, 0.2) is 0 Å². The highest BCUT2D eigenvalue weighted by atomic mass is 16.5. The van der Waals surface area contributed by atoms with Crippen molar-refractivity contribution in [3.8, 4) is 11.5 Å². The number of carbonyl (C=O) groups excluding carboxylic acids is 1. The molecule has 0 aliphatic rings. The number of rotatable bonds is 5. The molecule has 0 bridgehead atoms. The molecule has 1 heterocycles. The van der Waals surface area contributed by atoms with Crippen LogP contribution in [0, 0.1) is 0 Å². The van der Waals surface area contributed by atoms with E-state index in [-0.39, 0.29) is 5.91 Å². The van der Waals surface area contributed by atoms with E-state index in [9.17, 15) is 4.79 Å². The number of hydrogen-bond donors (Lipinski definition) is 1. The highest BCUT2D eigenvalue weighted by Crippen LogP contribution is 2.24. The first-order valence-corrected chi connectivity index (χ1v) is 6.13. The van der Waals surface area contributed by atoms with Gasteiger partial charge in [-0.3, -0.25) is 9.78 Å². The van der Waals surface area contributed by atoms with E-state index in [4.69, 9.17) is 9.47 Å². The number of aromatic nitrogens is 1. The molecule has 0 saturated carbocycles. The summed E-state index contributed by atoms with van der Waals surface area (Å²) in [6, 6.07) is 8.91. The zero-order chi connectivity index (χ0) is 14.4. The topological polar surface area (TPSA) is 60.5 Å². The van der Waals surface area contributed by atoms with Crippen LogP contribution in [0.5, 0.6) is 11.5 Å². The number of methoxy groups -OCH3 is 2. The van der Waals surface area contributed by atoms with E-state index in [0.29, 0.717) is 23.6 Å². The lowest BCUT2D eigenvalue weighted by Crippen LogP contribution is -2.23. The number of benzene rings is 1. The van der Waals surface area contributed by atoms with Gasteiger partial charge in [0.2, 0.25) is 0 Å². The predicted molar refractivity (Wildman–Crippen MR) is 75.0 cm³/mol. The minimum Gasteiger partial charge on any atom is -0.497 e. The fraction of sp³-hybridized carbons (Fsp3) is 0.200. The van der Waals surface area contributed by atoms with E-state index in [2.05, 4.69) is 10.3 Å². The van der Waals surface area contributed by atoms with E-state index in [1.54, 1.807) is 38.6 Å². The molecule has 5 heteroatoms. The summed E-state index contributed by atoms with van der Waals surface area (Å²) in [4.78, 5) is 15.8. The minimum absolute atomic E-state index is 0.170. The van der Waals surface area contributed by atoms with Gasteiger partial charge in [-0.15, -0.1) is 0 Å². The Morgan fingerprint density at radius 3 is 2.75 bits per heavy atom. The molecular formula is C15H16N2O3. The van der Waals surface area contributed by atoms with Gasteiger partial charge in [0.05, 0.1) is 19.8 Å². The molecule has 2 rings (SSSR count). The summed E-state index contributed by atoms with van der Waals surface area (Å²) >= 11 is 0. The zero-order valence-corrected chi connectivity index (χ0v) is 11.4. The Kier molecular flexibility index (Phi) is 4.55. The Morgan fingerprint density at radius 1 is 1.25 bits per heavy atom. The molecule has 0 aliphatic carbocycles. The van der Waals surface area contributed by atoms with Gasteiger partial charge in [0.1, 0.15) is 11.5 Å². The van der Waals surface area contributed by atoms with Gasteiger partial charge in [-0.05, 0) is 24.3 Å². The third kappa shape index (κ3) is 3.26. The monoisotopic (exact) mass is 272 g/mol. The van der Waals surface area contributed by atoms with Crippen LogP contribution in [-0.4, -0.2) is 25.1 Å². The van der Waals surface area contributed by atoms with E-state index in [1.807, 2.05) is 12.1 Å². The average Bonchev–Trinajstić information content (AvgIpc) is 2.53. The second kappa shape index (κ2) is 6.56. The maximum absolute atomic E-state index is 11.9. The van der Waals surface area contributed by atoms with Crippen LogP contribution in [-0.2, 0) is 6.54 Å². The molecule has 0 unspecified atom stereocenters. The SMILES string of the molecule is COc1ccc(CNC(=O)c2cccnc2)c(OC)c1. The number of ether oxygens (including phenoxy) is 2. The van der Waals surface area contributed by atoms with Gasteiger partial charge in [0.25, 0.3) is 5.91 Å². The number of nitrogens with one attached hydrogen (secondary N) is 1. The number of pyridine rings is 1. The van der Waals surface area contributed by atoms with Crippen molar-refractivity contribution in [2.24, 2.45) is 0 Å². The molecule has 1 N–H and O–H groups in total. The Balaban J connectivity index is 2.05. The van der Waals surface area contributed by atoms with Gasteiger partial charge in [-0.1, -0.05) is 0 Å². The number of carbonyl (C=O) groups is 1. The van der Waals surface area contributed by atoms with Crippen LogP contribution in [0.3, 0.4) is 0 Å². The van der Waals surface area contributed by atoms with Gasteiger partial charge < -0.3 is 14.8 Å². The van der Waals surface area contributed by atoms with Crippen molar-refractivity contribution in [2.75, 3.05) is 14.2 Å². The fourth-order valence-corrected chi connectivity index (χ4v) is 1.77. The molecule has 1 aromatic carbocycles. The molecule has 5 nitrogen and oxygen atoms in total. The van der Waals surface area contributed by atoms with Crippen molar-refractivity contribution in [2.45, 2.75) is 6.54 Å². The van der Waals surface area contributed by atoms with Crippen molar-refractivity contribution >= 4 is 5.91 Å². The molecule has 104 valence electrons. The van der Waals surface area contributed by atoms with Crippen LogP contribution < -0.4 is 14.8 Å². The van der Waals surface area contributed by atoms with Crippen molar-refractivity contribution in [1.82, 2.24) is 10.3 Å². The number of amides is 1. The Hall–Kier alpha value is -2.56. The molecule has 0 saturated heterocycles. The Bertz CT molecular complexity index is 585. The molecule has 0 fully saturated rings. The molecular weight excluding hydrogens is 256 g/mol. The van der Waals surface area contributed by atoms with E-state index in [1.165, 1.54) is 6.20 Å². The zero-order valence-electron chi connectivity index (χ0n) is 11.4. The van der Waals surface area contributed by atoms with E-state index in [0.717, 1.165) is 5.56 Å². The van der Waals surface area contributed by atoms with Gasteiger partial charge >= 0.3 is 0 Å². The molecule has 0 spiro atoms. The number of hydrogen-bond acceptors (Lipinski definition) is 4. The van der Waals surface area contributed by atoms with Crippen LogP contribution in [0.25, 0.3) is 0 Å². The first kappa shape index (κ1) is 13.9. The molecule has 20 heavy (non-hydrogen) atoms. The number of nitrogens with zero attached hydrogens (tertiary/aromatic N) is 1. The van der Waals surface area contributed by atoms with Crippen LogP contribution in [0.2, 0.25) is 0 Å². The summed E-state index contributed by atoms with van der Waals surface area (Å²) in [5.74, 6) is 1.22. The standard InChI is InChI=1S/C15H16N2O3/c1-19-13-6-5-11(14(8-13)20-2)10-17-15(18)12-4-3-7-16-9-12/h3-9H,10H2,1-2H3,(H,17,18). The average molecular weight is 272 g/mol. The first-order chi connectivity index (χ1) is 9.74. The van der Waals surface area contributed by atoms with Crippen LogP contribution in [0.15, 0.2) is 42.7 Å². The summed E-state index contributed by atoms with van der Waals surface area (Å²) in [6.45, 7) is 0.376. The van der Waals surface area contributed by atoms with Crippen LogP contribution >= 0.6 is 0 Å². The molecule has 1 aromatic heterocycles. The lowest BCUT2D eigenvalue weighted by Gasteiger charge is -2.11. The molecule has 0 aliphatic heterocycles. The largest absolute Gasteiger partial charge is 0.497 e. The van der Waals surface area contributed by atoms with Gasteiger partial charge in [-0.2, -0.15) is 0 Å². The van der Waals surface area contributed by atoms with Crippen molar-refractivity contribution in [3.05, 3.63) is 53.9 Å². The molecule has 2 aromatic rings. The third-order valence-corrected chi connectivity index (χ3v) is 2.86. The van der Waals surface area contributed by atoms with Gasteiger partial charge in [0, 0.05) is 30.6 Å². The maximum atomic E-state index is 11.9. The summed E-state index contributed by atoms with van der Waals surface area (Å²) in [6.07, 6.45) is 3.16. The predicted octanol–water partition coefficient (Wildman–Crippen LogP) is 2.03. The highest BCUT2D eigenvalue weighted by Gasteiger charge is 2.08. The minimum atomic E-state index is -0.170. The first-order valence-electron chi connectivity index (χ1n) is 6.13. The fourth-order valence-electron chi connectivity index (χ4n) is 1.77. The van der Waals surface area contributed by atoms with Crippen LogP contribution in [0.1, 0.15) is 15.9 Å².